The smallest absolute Gasteiger partial charge is 0.306 e. The minimum absolute atomic E-state index is 0.156. The SMILES string of the molecule is CC/C=C/C=C/C=C/C=C/C=C/C=C/CCCCCC(=O)OCC(COC(=O)CCC/C=C/C=C/C=C/C=C/C=C/CC)OC(=O)CCCCC/C=C/C=C/C=C/C=C/C=C/C=C/CC. The van der Waals surface area contributed by atoms with Crippen LogP contribution in [0.3, 0.4) is 0 Å². The summed E-state index contributed by atoms with van der Waals surface area (Å²) in [4.78, 5) is 37.9. The second-order valence-electron chi connectivity index (χ2n) is 14.6. The van der Waals surface area contributed by atoms with Gasteiger partial charge in [0.25, 0.3) is 0 Å². The molecule has 0 saturated carbocycles. The van der Waals surface area contributed by atoms with Crippen LogP contribution in [0.15, 0.2) is 207 Å². The first-order valence-electron chi connectivity index (χ1n) is 23.8. The van der Waals surface area contributed by atoms with Gasteiger partial charge in [-0.25, -0.2) is 0 Å². The number of ether oxygens (including phenoxy) is 3. The van der Waals surface area contributed by atoms with Crippen molar-refractivity contribution in [3.63, 3.8) is 0 Å². The van der Waals surface area contributed by atoms with Crippen molar-refractivity contribution < 1.29 is 28.6 Å². The number of rotatable bonds is 38. The lowest BCUT2D eigenvalue weighted by atomic mass is 10.1. The molecule has 0 aromatic carbocycles. The van der Waals surface area contributed by atoms with E-state index in [9.17, 15) is 14.4 Å². The van der Waals surface area contributed by atoms with E-state index < -0.39 is 12.1 Å². The summed E-state index contributed by atoms with van der Waals surface area (Å²) < 4.78 is 16.6. The van der Waals surface area contributed by atoms with Crippen molar-refractivity contribution in [3.8, 4) is 0 Å². The Kier molecular flexibility index (Phi) is 46.0. The summed E-state index contributed by atoms with van der Waals surface area (Å²) in [5.41, 5.74) is 0. The number of allylic oxidation sites excluding steroid dienone is 34. The van der Waals surface area contributed by atoms with Crippen molar-refractivity contribution in [2.45, 2.75) is 130 Å². The zero-order valence-electron chi connectivity index (χ0n) is 39.9. The molecule has 0 N–H and O–H groups in total. The van der Waals surface area contributed by atoms with Crippen LogP contribution in [0.4, 0.5) is 0 Å². The van der Waals surface area contributed by atoms with Crippen LogP contribution >= 0.6 is 0 Å². The van der Waals surface area contributed by atoms with Gasteiger partial charge in [0, 0.05) is 19.3 Å². The number of unbranched alkanes of at least 4 members (excludes halogenated alkanes) is 7. The van der Waals surface area contributed by atoms with E-state index in [1.807, 2.05) is 176 Å². The minimum Gasteiger partial charge on any atom is -0.462 e. The van der Waals surface area contributed by atoms with Gasteiger partial charge in [-0.05, 0) is 70.6 Å². The molecule has 0 heterocycles. The maximum Gasteiger partial charge on any atom is 0.306 e. The Labute approximate surface area is 394 Å². The molecular weight excluding hydrogens is 805 g/mol. The summed E-state index contributed by atoms with van der Waals surface area (Å²) in [5, 5.41) is 0. The van der Waals surface area contributed by atoms with E-state index in [1.165, 1.54) is 0 Å². The first kappa shape index (κ1) is 59.0. The van der Waals surface area contributed by atoms with Gasteiger partial charge in [0.1, 0.15) is 13.2 Å². The Bertz CT molecular complexity index is 1720. The summed E-state index contributed by atoms with van der Waals surface area (Å²) in [5.74, 6) is -1.14. The van der Waals surface area contributed by atoms with Crippen molar-refractivity contribution in [3.05, 3.63) is 207 Å². The van der Waals surface area contributed by atoms with Gasteiger partial charge < -0.3 is 14.2 Å². The summed E-state index contributed by atoms with van der Waals surface area (Å²) in [6, 6.07) is 0. The highest BCUT2D eigenvalue weighted by atomic mass is 16.6. The van der Waals surface area contributed by atoms with Crippen LogP contribution < -0.4 is 0 Å². The van der Waals surface area contributed by atoms with Crippen LogP contribution in [0.25, 0.3) is 0 Å². The van der Waals surface area contributed by atoms with Crippen LogP contribution in [0.5, 0.6) is 0 Å². The molecule has 0 amide bonds. The Hall–Kier alpha value is -6.01. The maximum atomic E-state index is 12.8. The van der Waals surface area contributed by atoms with Crippen molar-refractivity contribution in [1.82, 2.24) is 0 Å². The zero-order valence-corrected chi connectivity index (χ0v) is 39.9. The molecule has 0 rings (SSSR count). The molecule has 0 spiro atoms. The van der Waals surface area contributed by atoms with Crippen LogP contribution in [0.2, 0.25) is 0 Å². The topological polar surface area (TPSA) is 78.9 Å². The average Bonchev–Trinajstić information content (AvgIpc) is 3.30. The fraction of sp³-hybridized carbons (Fsp3) is 0.373. The Morgan fingerprint density at radius 3 is 0.892 bits per heavy atom. The molecule has 1 atom stereocenters. The molecule has 65 heavy (non-hydrogen) atoms. The molecule has 6 heteroatoms. The lowest BCUT2D eigenvalue weighted by Crippen LogP contribution is -2.30. The molecule has 0 saturated heterocycles. The van der Waals surface area contributed by atoms with Gasteiger partial charge in [-0.3, -0.25) is 14.4 Å². The number of esters is 3. The van der Waals surface area contributed by atoms with Crippen molar-refractivity contribution >= 4 is 17.9 Å². The van der Waals surface area contributed by atoms with Gasteiger partial charge in [0.15, 0.2) is 6.10 Å². The highest BCUT2D eigenvalue weighted by Gasteiger charge is 2.19. The molecule has 0 bridgehead atoms. The van der Waals surface area contributed by atoms with Crippen LogP contribution in [0, 0.1) is 0 Å². The first-order valence-corrected chi connectivity index (χ1v) is 23.8. The summed E-state index contributed by atoms with van der Waals surface area (Å²) >= 11 is 0. The normalized spacial score (nSPS) is 14.0. The highest BCUT2D eigenvalue weighted by molar-refractivity contribution is 5.71. The third kappa shape index (κ3) is 48.9. The molecule has 0 aliphatic carbocycles. The predicted molar refractivity (Wildman–Crippen MR) is 278 cm³/mol. The van der Waals surface area contributed by atoms with Crippen molar-refractivity contribution in [1.29, 1.82) is 0 Å². The molecular formula is C59H80O6. The Morgan fingerprint density at radius 2 is 0.569 bits per heavy atom. The van der Waals surface area contributed by atoms with E-state index in [4.69, 9.17) is 14.2 Å². The lowest BCUT2D eigenvalue weighted by molar-refractivity contribution is -0.167. The minimum atomic E-state index is -0.862. The van der Waals surface area contributed by atoms with Gasteiger partial charge in [0.05, 0.1) is 0 Å². The van der Waals surface area contributed by atoms with E-state index in [1.54, 1.807) is 0 Å². The quantitative estimate of drug-likeness (QED) is 0.0266. The number of hydrogen-bond acceptors (Lipinski definition) is 6. The third-order valence-corrected chi connectivity index (χ3v) is 8.71. The zero-order chi connectivity index (χ0) is 47.2. The summed E-state index contributed by atoms with van der Waals surface area (Å²) in [6.07, 6.45) is 79.5. The fourth-order valence-electron chi connectivity index (χ4n) is 5.24. The number of carbonyl (C=O) groups excluding carboxylic acids is 3. The third-order valence-electron chi connectivity index (χ3n) is 8.71. The van der Waals surface area contributed by atoms with E-state index in [-0.39, 0.29) is 44.4 Å². The Morgan fingerprint density at radius 1 is 0.308 bits per heavy atom. The Balaban J connectivity index is 4.75. The lowest BCUT2D eigenvalue weighted by Gasteiger charge is -2.18. The van der Waals surface area contributed by atoms with Crippen LogP contribution in [-0.4, -0.2) is 37.2 Å². The van der Waals surface area contributed by atoms with Crippen LogP contribution in [0.1, 0.15) is 124 Å². The highest BCUT2D eigenvalue weighted by Crippen LogP contribution is 2.10. The van der Waals surface area contributed by atoms with E-state index >= 15 is 0 Å². The number of carbonyl (C=O) groups is 3. The molecule has 6 nitrogen and oxygen atoms in total. The molecule has 0 aliphatic rings. The van der Waals surface area contributed by atoms with E-state index in [2.05, 4.69) is 51.2 Å². The fourth-order valence-corrected chi connectivity index (χ4v) is 5.24. The van der Waals surface area contributed by atoms with Crippen molar-refractivity contribution in [2.75, 3.05) is 13.2 Å². The van der Waals surface area contributed by atoms with E-state index in [0.29, 0.717) is 19.3 Å². The molecule has 0 aromatic heterocycles. The average molecular weight is 885 g/mol. The van der Waals surface area contributed by atoms with Gasteiger partial charge in [0.2, 0.25) is 0 Å². The molecule has 1 unspecified atom stereocenters. The molecule has 0 aromatic rings. The van der Waals surface area contributed by atoms with E-state index in [0.717, 1.165) is 64.2 Å². The van der Waals surface area contributed by atoms with Gasteiger partial charge in [-0.1, -0.05) is 240 Å². The molecule has 0 aliphatic heterocycles. The van der Waals surface area contributed by atoms with Crippen LogP contribution in [-0.2, 0) is 28.6 Å². The molecule has 352 valence electrons. The summed E-state index contributed by atoms with van der Waals surface area (Å²) in [6.45, 7) is 6.00. The molecule has 0 fully saturated rings. The van der Waals surface area contributed by atoms with Gasteiger partial charge >= 0.3 is 17.9 Å². The number of hydrogen-bond donors (Lipinski definition) is 0. The maximum absolute atomic E-state index is 12.8. The first-order chi connectivity index (χ1) is 32.0. The van der Waals surface area contributed by atoms with Gasteiger partial charge in [-0.2, -0.15) is 0 Å². The predicted octanol–water partition coefficient (Wildman–Crippen LogP) is 15.7. The molecule has 0 radical (unpaired) electrons. The van der Waals surface area contributed by atoms with Gasteiger partial charge in [-0.15, -0.1) is 0 Å². The second-order valence-corrected chi connectivity index (χ2v) is 14.6. The van der Waals surface area contributed by atoms with Crippen molar-refractivity contribution in [2.24, 2.45) is 0 Å². The monoisotopic (exact) mass is 885 g/mol. The second kappa shape index (κ2) is 50.6. The standard InChI is InChI=1S/C59H80O6/c1-4-7-10-13-16-19-22-25-27-29-31-34-37-40-43-46-49-52-58(61)64-55-56(54-63-57(60)51-48-45-42-39-36-33-24-21-18-15-12-9-6-3)65-59(62)53-50-47-44-41-38-35-32-30-28-26-23-20-17-14-11-8-5-2/h7-39,42,56H,4-6,40-41,43-55H2,1-3H3/b10-7+,11-8+,12-9+,16-13+,17-14+,18-15+,22-19+,23-20+,24-21+,27-25+,28-26+,31-29+,32-30+,36-33+,37-34+,38-35+,42-39+. The summed E-state index contributed by atoms with van der Waals surface area (Å²) in [7, 11) is 0. The largest absolute Gasteiger partial charge is 0.462 e.